The van der Waals surface area contributed by atoms with Crippen molar-refractivity contribution in [2.45, 2.75) is 356 Å². The topological polar surface area (TPSA) is 112 Å². The summed E-state index contributed by atoms with van der Waals surface area (Å²) < 4.78 is 12.1. The molecular formula is C112H165NO7S2. The maximum Gasteiger partial charge on any atom is 0.418 e. The minimum Gasteiger partial charge on any atom is -0.497 e. The maximum atomic E-state index is 11.9. The number of aryl methyl sites for hydroxylation is 5. The standard InChI is InChI=1S/C13H21NO2.C12H18O.C12H16O.2C12H18.C11H16O.2C11H16.C9H14S.C8H12S.CO2/c1-12(2,3)10-8-7-9-14(10)11(15)16-13(4,5)6;2*1-9(13)10-5-7-11(8-6-10)12(2,3)4;2*1-5-10-6-8-11(9-7-10)12(2,3)4;1-11(2,3)9-6-5-7-10(8-9)12-4;2*1-9-5-7-10(8-6-9)11(2,3)4;1-7-5-6-8(10-7)9(2,3)4;1-8(2,3)7-5-4-6-9-7;2-1-3/h7-9H,1-6H3;5-9,13H,1-4H3;5-8H,1-4H3;2*6-9H,5H2,1-4H3;5-8H,1-4H3;2*5-8H,1-4H3;5-6H,1-4H3;4-6H,1-3H3;. The van der Waals surface area contributed by atoms with Gasteiger partial charge < -0.3 is 14.6 Å². The fourth-order valence-electron chi connectivity index (χ4n) is 11.1. The van der Waals surface area contributed by atoms with Gasteiger partial charge in [0.05, 0.1) is 13.2 Å². The molecule has 7 aromatic carbocycles. The summed E-state index contributed by atoms with van der Waals surface area (Å²) in [5.41, 5.74) is 19.6. The van der Waals surface area contributed by atoms with E-state index in [0.717, 1.165) is 35.4 Å². The molecule has 122 heavy (non-hydrogen) atoms. The van der Waals surface area contributed by atoms with Gasteiger partial charge in [-0.25, -0.2) is 4.79 Å². The predicted molar refractivity (Wildman–Crippen MR) is 532 cm³/mol. The van der Waals surface area contributed by atoms with Gasteiger partial charge in [0.1, 0.15) is 11.4 Å². The molecule has 0 aliphatic rings. The second-order valence-corrected chi connectivity index (χ2v) is 44.9. The van der Waals surface area contributed by atoms with Crippen molar-refractivity contribution in [3.63, 3.8) is 0 Å². The van der Waals surface area contributed by atoms with E-state index in [1.165, 1.54) is 75.8 Å². The molecule has 0 spiro atoms. The second-order valence-electron chi connectivity index (χ2n) is 42.7. The molecule has 0 radical (unpaired) electrons. The Morgan fingerprint density at radius 3 is 0.975 bits per heavy atom. The lowest BCUT2D eigenvalue weighted by Crippen LogP contribution is -2.30. The van der Waals surface area contributed by atoms with E-state index in [1.54, 1.807) is 31.7 Å². The van der Waals surface area contributed by atoms with E-state index >= 15 is 0 Å². The fourth-order valence-corrected chi connectivity index (χ4v) is 12.9. The van der Waals surface area contributed by atoms with Crippen molar-refractivity contribution >= 4 is 40.7 Å². The quantitative estimate of drug-likeness (QED) is 0.171. The van der Waals surface area contributed by atoms with Crippen LogP contribution in [0.2, 0.25) is 0 Å². The van der Waals surface area contributed by atoms with Crippen molar-refractivity contribution in [1.29, 1.82) is 0 Å². The Hall–Kier alpha value is -8.50. The summed E-state index contributed by atoms with van der Waals surface area (Å²) in [5.74, 6) is 1.06. The smallest absolute Gasteiger partial charge is 0.418 e. The molecular weight excluding hydrogens is 1540 g/mol. The van der Waals surface area contributed by atoms with Gasteiger partial charge in [0.2, 0.25) is 0 Å². The number of nitrogens with zero attached hydrogens (tertiary/aromatic N) is 1. The zero-order valence-corrected chi connectivity index (χ0v) is 85.6. The first-order chi connectivity index (χ1) is 55.6. The first kappa shape index (κ1) is 114. The Kier molecular flexibility index (Phi) is 46.9. The molecule has 0 bridgehead atoms. The molecule has 3 aromatic heterocycles. The van der Waals surface area contributed by atoms with E-state index in [-0.39, 0.29) is 67.5 Å². The van der Waals surface area contributed by atoms with Crippen LogP contribution in [-0.2, 0) is 81.3 Å². The molecule has 3 heterocycles. The molecule has 0 fully saturated rings. The van der Waals surface area contributed by atoms with Crippen molar-refractivity contribution in [1.82, 2.24) is 4.57 Å². The highest BCUT2D eigenvalue weighted by Crippen LogP contribution is 2.33. The third kappa shape index (κ3) is 46.8. The molecule has 0 aliphatic carbocycles. The van der Waals surface area contributed by atoms with E-state index in [4.69, 9.17) is 19.1 Å². The highest BCUT2D eigenvalue weighted by molar-refractivity contribution is 7.12. The molecule has 0 saturated carbocycles. The van der Waals surface area contributed by atoms with Crippen LogP contribution in [0.15, 0.2) is 218 Å². The van der Waals surface area contributed by atoms with Gasteiger partial charge in [0, 0.05) is 37.5 Å². The third-order valence-electron chi connectivity index (χ3n) is 19.5. The number of benzene rings is 7. The summed E-state index contributed by atoms with van der Waals surface area (Å²) in [6.45, 7) is 85.9. The van der Waals surface area contributed by atoms with Crippen LogP contribution in [-0.4, -0.2) is 40.4 Å². The van der Waals surface area contributed by atoms with Crippen LogP contribution in [0, 0.1) is 20.8 Å². The van der Waals surface area contributed by atoms with Crippen LogP contribution >= 0.6 is 22.7 Å². The number of ketones is 1. The van der Waals surface area contributed by atoms with Crippen LogP contribution in [0.25, 0.3) is 0 Å². The van der Waals surface area contributed by atoms with Crippen LogP contribution < -0.4 is 4.74 Å². The number of hydrogen-bond acceptors (Lipinski definition) is 9. The van der Waals surface area contributed by atoms with Crippen LogP contribution in [0.4, 0.5) is 4.79 Å². The fraction of sp³-hybridized carbons (Fsp3) is 0.491. The molecule has 10 aromatic rings. The summed E-state index contributed by atoms with van der Waals surface area (Å²) in [4.78, 5) is 43.5. The van der Waals surface area contributed by atoms with Crippen LogP contribution in [0.1, 0.15) is 360 Å². The number of carbonyl (C=O) groups excluding carboxylic acids is 4. The number of thiophene rings is 2. The first-order valence-corrected chi connectivity index (χ1v) is 45.2. The summed E-state index contributed by atoms with van der Waals surface area (Å²) >= 11 is 3.72. The molecule has 1 unspecified atom stereocenters. The molecule has 10 rings (SSSR count). The number of Topliss-reactive ketones (excluding diaryl/α,β-unsaturated/α-hetero) is 1. The minimum absolute atomic E-state index is 0.0690. The predicted octanol–water partition coefficient (Wildman–Crippen LogP) is 32.3. The number of ether oxygens (including phenoxy) is 2. The van der Waals surface area contributed by atoms with Gasteiger partial charge in [-0.1, -0.05) is 396 Å². The lowest BCUT2D eigenvalue weighted by Gasteiger charge is -2.24. The molecule has 1 atom stereocenters. The van der Waals surface area contributed by atoms with Crippen molar-refractivity contribution in [3.8, 4) is 5.75 Å². The van der Waals surface area contributed by atoms with Crippen molar-refractivity contribution < 1.29 is 33.8 Å². The summed E-state index contributed by atoms with van der Waals surface area (Å²) in [5, 5.41) is 11.4. The Morgan fingerprint density at radius 2 is 0.730 bits per heavy atom. The Balaban J connectivity index is 0.00000133. The average Bonchev–Trinajstić information content (AvgIpc) is 1.68. The van der Waals surface area contributed by atoms with Crippen LogP contribution in [0.5, 0.6) is 5.75 Å². The average molecular weight is 1700 g/mol. The lowest BCUT2D eigenvalue weighted by atomic mass is 9.86. The molecule has 0 saturated heterocycles. The number of aliphatic hydroxyl groups is 1. The van der Waals surface area contributed by atoms with Gasteiger partial charge in [-0.3, -0.25) is 9.36 Å². The Labute approximate surface area is 753 Å². The zero-order chi connectivity index (χ0) is 94.6. The molecule has 1 N–H and O–H groups in total. The Morgan fingerprint density at radius 1 is 0.393 bits per heavy atom. The summed E-state index contributed by atoms with van der Waals surface area (Å²) in [7, 11) is 1.70. The van der Waals surface area contributed by atoms with E-state index < -0.39 is 5.60 Å². The minimum atomic E-state index is -0.462. The van der Waals surface area contributed by atoms with Gasteiger partial charge in [-0.2, -0.15) is 9.59 Å². The maximum absolute atomic E-state index is 11.9. The first-order valence-electron chi connectivity index (χ1n) is 43.5. The number of methoxy groups -OCH3 is 1. The van der Waals surface area contributed by atoms with Crippen molar-refractivity contribution in [3.05, 3.63) is 310 Å². The summed E-state index contributed by atoms with van der Waals surface area (Å²) in [6.07, 6.45) is 3.57. The van der Waals surface area contributed by atoms with Gasteiger partial charge in [0.15, 0.2) is 5.78 Å². The van der Waals surface area contributed by atoms with Crippen molar-refractivity contribution in [2.75, 3.05) is 7.11 Å². The largest absolute Gasteiger partial charge is 0.497 e. The SMILES string of the molecule is CC(=O)c1ccc(C(C)(C)C)cc1.CC(C)(C)OC(=O)n1cccc1C(C)(C)C.CC(C)(C)c1cccs1.CC(O)c1ccc(C(C)(C)C)cc1.CCc1ccc(C(C)(C)C)cc1.CCc1ccc(C(C)(C)C)cc1.COc1cccc(C(C)(C)C)c1.Cc1ccc(C(C)(C)C)cc1.Cc1ccc(C(C)(C)C)cc1.Cc1ccc(C(C)(C)C)s1.O=C=O. The highest BCUT2D eigenvalue weighted by atomic mass is 32.1. The van der Waals surface area contributed by atoms with E-state index in [1.807, 2.05) is 104 Å². The number of aliphatic hydroxyl groups excluding tert-OH is 1. The second kappa shape index (κ2) is 50.5. The highest BCUT2D eigenvalue weighted by Gasteiger charge is 2.26. The normalized spacial score (nSPS) is 11.8. The van der Waals surface area contributed by atoms with Crippen LogP contribution in [0.3, 0.4) is 0 Å². The molecule has 0 aliphatic heterocycles. The lowest BCUT2D eigenvalue weighted by molar-refractivity contribution is -0.191. The number of hydrogen-bond donors (Lipinski definition) is 1. The number of aromatic nitrogens is 1. The number of carbonyl (C=O) groups is 2. The zero-order valence-electron chi connectivity index (χ0n) is 83.9. The van der Waals surface area contributed by atoms with E-state index in [0.29, 0.717) is 10.8 Å². The Bertz CT molecular complexity index is 4450. The van der Waals surface area contributed by atoms with Gasteiger partial charge >= 0.3 is 12.2 Å². The molecule has 672 valence electrons. The monoisotopic (exact) mass is 1700 g/mol. The molecule has 10 heteroatoms. The van der Waals surface area contributed by atoms with E-state index in [2.05, 4.69) is 393 Å². The molecule has 0 amide bonds. The van der Waals surface area contributed by atoms with Gasteiger partial charge in [0.25, 0.3) is 0 Å². The molecule has 8 nitrogen and oxygen atoms in total. The van der Waals surface area contributed by atoms with Crippen molar-refractivity contribution in [2.24, 2.45) is 0 Å². The third-order valence-corrected chi connectivity index (χ3v) is 22.2. The van der Waals surface area contributed by atoms with E-state index in [9.17, 15) is 14.7 Å². The van der Waals surface area contributed by atoms with Gasteiger partial charge in [-0.05, 0) is 220 Å². The number of rotatable bonds is 5. The summed E-state index contributed by atoms with van der Waals surface area (Å²) in [6, 6.07) is 72.0. The van der Waals surface area contributed by atoms with Gasteiger partial charge in [-0.15, -0.1) is 22.7 Å².